The molecule has 22 heavy (non-hydrogen) atoms. The fourth-order valence-corrected chi connectivity index (χ4v) is 2.90. The summed E-state index contributed by atoms with van der Waals surface area (Å²) in [5, 5.41) is 7.86. The van der Waals surface area contributed by atoms with Crippen molar-refractivity contribution >= 4 is 31.9 Å². The smallest absolute Gasteiger partial charge is 0.252 e. The molecule has 0 aromatic heterocycles. The number of hydrogen-bond acceptors (Lipinski definition) is 3. The van der Waals surface area contributed by atoms with Crippen molar-refractivity contribution in [1.29, 1.82) is 0 Å². The van der Waals surface area contributed by atoms with Crippen LogP contribution in [0.15, 0.2) is 51.8 Å². The number of carbonyl (C=O) groups excluding carboxylic acids is 1. The average Bonchev–Trinajstić information content (AvgIpc) is 2.45. The van der Waals surface area contributed by atoms with Crippen LogP contribution in [0.3, 0.4) is 0 Å². The SMILES string of the molecule is Cc1ccccc1CNC(=O)c1cc(S(N)(=O)=O)ccc1Br. The quantitative estimate of drug-likeness (QED) is 0.849. The van der Waals surface area contributed by atoms with Gasteiger partial charge in [-0.25, -0.2) is 13.6 Å². The predicted molar refractivity (Wildman–Crippen MR) is 87.9 cm³/mol. The van der Waals surface area contributed by atoms with Crippen LogP contribution in [0.4, 0.5) is 0 Å². The molecule has 3 N–H and O–H groups in total. The molecule has 0 spiro atoms. The van der Waals surface area contributed by atoms with Crippen molar-refractivity contribution in [2.45, 2.75) is 18.4 Å². The van der Waals surface area contributed by atoms with E-state index in [1.807, 2.05) is 31.2 Å². The fourth-order valence-electron chi connectivity index (χ4n) is 1.93. The van der Waals surface area contributed by atoms with Gasteiger partial charge >= 0.3 is 0 Å². The third-order valence-electron chi connectivity index (χ3n) is 3.21. The molecule has 7 heteroatoms. The second-order valence-electron chi connectivity index (χ2n) is 4.80. The average molecular weight is 383 g/mol. The Balaban J connectivity index is 2.21. The van der Waals surface area contributed by atoms with Crippen molar-refractivity contribution in [3.8, 4) is 0 Å². The maximum Gasteiger partial charge on any atom is 0.252 e. The molecule has 5 nitrogen and oxygen atoms in total. The second-order valence-corrected chi connectivity index (χ2v) is 7.21. The number of hydrogen-bond donors (Lipinski definition) is 2. The van der Waals surface area contributed by atoms with E-state index in [9.17, 15) is 13.2 Å². The summed E-state index contributed by atoms with van der Waals surface area (Å²) in [6.45, 7) is 2.32. The summed E-state index contributed by atoms with van der Waals surface area (Å²) in [4.78, 5) is 12.2. The number of benzene rings is 2. The minimum atomic E-state index is -3.85. The first-order valence-corrected chi connectivity index (χ1v) is 8.78. The number of nitrogens with two attached hydrogens (primary N) is 1. The largest absolute Gasteiger partial charge is 0.348 e. The van der Waals surface area contributed by atoms with Crippen LogP contribution in [0, 0.1) is 6.92 Å². The van der Waals surface area contributed by atoms with Gasteiger partial charge in [0.05, 0.1) is 10.5 Å². The molecule has 0 unspecified atom stereocenters. The molecule has 0 aliphatic carbocycles. The zero-order valence-corrected chi connectivity index (χ0v) is 14.2. The first-order valence-electron chi connectivity index (χ1n) is 6.44. The monoisotopic (exact) mass is 382 g/mol. The summed E-state index contributed by atoms with van der Waals surface area (Å²) >= 11 is 3.24. The molecule has 0 aliphatic rings. The van der Waals surface area contributed by atoms with Gasteiger partial charge in [-0.1, -0.05) is 24.3 Å². The lowest BCUT2D eigenvalue weighted by atomic mass is 10.1. The van der Waals surface area contributed by atoms with Crippen molar-refractivity contribution < 1.29 is 13.2 Å². The lowest BCUT2D eigenvalue weighted by Gasteiger charge is -2.10. The molecule has 2 aromatic carbocycles. The summed E-state index contributed by atoms with van der Waals surface area (Å²) in [6, 6.07) is 11.8. The fraction of sp³-hybridized carbons (Fsp3) is 0.133. The van der Waals surface area contributed by atoms with Gasteiger partial charge in [-0.3, -0.25) is 4.79 Å². The van der Waals surface area contributed by atoms with Crippen LogP contribution in [0.1, 0.15) is 21.5 Å². The minimum Gasteiger partial charge on any atom is -0.348 e. The third kappa shape index (κ3) is 3.94. The van der Waals surface area contributed by atoms with Crippen LogP contribution < -0.4 is 10.5 Å². The Morgan fingerprint density at radius 2 is 1.91 bits per heavy atom. The van der Waals surface area contributed by atoms with Gasteiger partial charge in [-0.05, 0) is 52.2 Å². The minimum absolute atomic E-state index is 0.100. The summed E-state index contributed by atoms with van der Waals surface area (Å²) < 4.78 is 23.2. The molecule has 0 bridgehead atoms. The highest BCUT2D eigenvalue weighted by Crippen LogP contribution is 2.20. The second kappa shape index (κ2) is 6.60. The molecule has 0 heterocycles. The molecule has 1 amide bonds. The molecule has 0 radical (unpaired) electrons. The van der Waals surface area contributed by atoms with Crippen LogP contribution in [0.25, 0.3) is 0 Å². The lowest BCUT2D eigenvalue weighted by Crippen LogP contribution is -2.24. The van der Waals surface area contributed by atoms with E-state index in [1.165, 1.54) is 18.2 Å². The van der Waals surface area contributed by atoms with Gasteiger partial charge in [0.1, 0.15) is 0 Å². The van der Waals surface area contributed by atoms with Gasteiger partial charge in [0.25, 0.3) is 5.91 Å². The highest BCUT2D eigenvalue weighted by atomic mass is 79.9. The number of sulfonamides is 1. The van der Waals surface area contributed by atoms with Crippen LogP contribution in [0.5, 0.6) is 0 Å². The van der Waals surface area contributed by atoms with Crippen LogP contribution in [0.2, 0.25) is 0 Å². The molecule has 0 saturated carbocycles. The molecule has 0 aliphatic heterocycles. The van der Waals surface area contributed by atoms with Crippen molar-refractivity contribution in [3.05, 3.63) is 63.6 Å². The van der Waals surface area contributed by atoms with E-state index in [2.05, 4.69) is 21.2 Å². The van der Waals surface area contributed by atoms with Crippen molar-refractivity contribution in [2.24, 2.45) is 5.14 Å². The zero-order valence-electron chi connectivity index (χ0n) is 11.8. The molecular formula is C15H15BrN2O3S. The highest BCUT2D eigenvalue weighted by molar-refractivity contribution is 9.10. The molecule has 116 valence electrons. The van der Waals surface area contributed by atoms with Gasteiger partial charge < -0.3 is 5.32 Å². The van der Waals surface area contributed by atoms with E-state index in [-0.39, 0.29) is 16.4 Å². The van der Waals surface area contributed by atoms with E-state index in [4.69, 9.17) is 5.14 Å². The Morgan fingerprint density at radius 1 is 1.23 bits per heavy atom. The summed E-state index contributed by atoms with van der Waals surface area (Å²) in [5.41, 5.74) is 2.29. The number of rotatable bonds is 4. The molecule has 2 rings (SSSR count). The number of aryl methyl sites for hydroxylation is 1. The van der Waals surface area contributed by atoms with E-state index in [0.29, 0.717) is 11.0 Å². The number of nitrogens with one attached hydrogen (secondary N) is 1. The highest BCUT2D eigenvalue weighted by Gasteiger charge is 2.15. The molecule has 2 aromatic rings. The van der Waals surface area contributed by atoms with Gasteiger partial charge in [0.2, 0.25) is 10.0 Å². The van der Waals surface area contributed by atoms with E-state index in [0.717, 1.165) is 11.1 Å². The van der Waals surface area contributed by atoms with Gasteiger partial charge in [-0.15, -0.1) is 0 Å². The standard InChI is InChI=1S/C15H15BrN2O3S/c1-10-4-2-3-5-11(10)9-18-15(19)13-8-12(22(17,20)21)6-7-14(13)16/h2-8H,9H2,1H3,(H,18,19)(H2,17,20,21). The lowest BCUT2D eigenvalue weighted by molar-refractivity contribution is 0.0950. The van der Waals surface area contributed by atoms with Crippen molar-refractivity contribution in [1.82, 2.24) is 5.32 Å². The zero-order chi connectivity index (χ0) is 16.3. The van der Waals surface area contributed by atoms with E-state index in [1.54, 1.807) is 0 Å². The third-order valence-corrected chi connectivity index (χ3v) is 4.81. The maximum atomic E-state index is 12.3. The number of carbonyl (C=O) groups is 1. The van der Waals surface area contributed by atoms with Crippen LogP contribution in [-0.4, -0.2) is 14.3 Å². The topological polar surface area (TPSA) is 89.3 Å². The Kier molecular flexibility index (Phi) is 5.00. The first-order chi connectivity index (χ1) is 10.3. The number of halogens is 1. The number of primary sulfonamides is 1. The van der Waals surface area contributed by atoms with E-state index < -0.39 is 10.0 Å². The first kappa shape index (κ1) is 16.7. The Bertz CT molecular complexity index is 819. The van der Waals surface area contributed by atoms with Gasteiger partial charge in [0.15, 0.2) is 0 Å². The molecule has 0 fully saturated rings. The Morgan fingerprint density at radius 3 is 2.55 bits per heavy atom. The van der Waals surface area contributed by atoms with Gasteiger partial charge in [0, 0.05) is 11.0 Å². The Labute approximate surface area is 137 Å². The summed E-state index contributed by atoms with van der Waals surface area (Å²) in [6.07, 6.45) is 0. The van der Waals surface area contributed by atoms with Crippen LogP contribution in [-0.2, 0) is 16.6 Å². The Hall–Kier alpha value is -1.70. The molecule has 0 saturated heterocycles. The summed E-state index contributed by atoms with van der Waals surface area (Å²) in [5.74, 6) is -0.374. The van der Waals surface area contributed by atoms with Gasteiger partial charge in [-0.2, -0.15) is 0 Å². The van der Waals surface area contributed by atoms with Crippen molar-refractivity contribution in [3.63, 3.8) is 0 Å². The van der Waals surface area contributed by atoms with E-state index >= 15 is 0 Å². The predicted octanol–water partition coefficient (Wildman–Crippen LogP) is 2.33. The summed E-state index contributed by atoms with van der Waals surface area (Å²) in [7, 11) is -3.85. The van der Waals surface area contributed by atoms with Crippen molar-refractivity contribution in [2.75, 3.05) is 0 Å². The van der Waals surface area contributed by atoms with Crippen LogP contribution >= 0.6 is 15.9 Å². The molecule has 0 atom stereocenters. The normalized spacial score (nSPS) is 11.2. The maximum absolute atomic E-state index is 12.3. The molecular weight excluding hydrogens is 368 g/mol. The number of amides is 1.